The van der Waals surface area contributed by atoms with Crippen molar-refractivity contribution in [3.63, 3.8) is 0 Å². The Morgan fingerprint density at radius 1 is 1.12 bits per heavy atom. The summed E-state index contributed by atoms with van der Waals surface area (Å²) in [6.07, 6.45) is 1.59. The fourth-order valence-electron chi connectivity index (χ4n) is 2.35. The van der Waals surface area contributed by atoms with Crippen molar-refractivity contribution < 1.29 is 13.3 Å². The van der Waals surface area contributed by atoms with Gasteiger partial charge in [0.2, 0.25) is 0 Å². The number of rotatable bonds is 4. The van der Waals surface area contributed by atoms with Gasteiger partial charge in [-0.3, -0.25) is 19.8 Å². The predicted octanol–water partition coefficient (Wildman–Crippen LogP) is 3.25. The molecule has 0 atom stereocenters. The summed E-state index contributed by atoms with van der Waals surface area (Å²) in [5.41, 5.74) is 1.19. The highest BCUT2D eigenvalue weighted by atomic mass is 32.2. The number of aromatic nitrogens is 1. The third kappa shape index (κ3) is 3.04. The van der Waals surface area contributed by atoms with E-state index >= 15 is 0 Å². The van der Waals surface area contributed by atoms with Crippen molar-refractivity contribution in [1.29, 1.82) is 0 Å². The Morgan fingerprint density at radius 2 is 1.88 bits per heavy atom. The molecule has 0 bridgehead atoms. The van der Waals surface area contributed by atoms with Crippen LogP contribution in [0.4, 0.5) is 11.4 Å². The van der Waals surface area contributed by atoms with Crippen LogP contribution in [0.5, 0.6) is 0 Å². The number of anilines is 1. The predicted molar refractivity (Wildman–Crippen MR) is 90.4 cm³/mol. The zero-order chi connectivity index (χ0) is 17.3. The number of sulfonamides is 1. The Balaban J connectivity index is 2.06. The smallest absolute Gasteiger partial charge is 0.271 e. The van der Waals surface area contributed by atoms with Crippen LogP contribution in [0.25, 0.3) is 10.9 Å². The summed E-state index contributed by atoms with van der Waals surface area (Å²) >= 11 is 0. The fourth-order valence-corrected chi connectivity index (χ4v) is 3.58. The van der Waals surface area contributed by atoms with Crippen LogP contribution < -0.4 is 4.72 Å². The number of fused-ring (bicyclic) bond motifs is 1. The normalized spacial score (nSPS) is 11.4. The summed E-state index contributed by atoms with van der Waals surface area (Å²) < 4.78 is 27.7. The van der Waals surface area contributed by atoms with Gasteiger partial charge in [-0.1, -0.05) is 18.2 Å². The maximum atomic E-state index is 12.7. The van der Waals surface area contributed by atoms with Gasteiger partial charge in [0.1, 0.15) is 4.90 Å². The van der Waals surface area contributed by atoms with Crippen molar-refractivity contribution in [3.05, 3.63) is 70.4 Å². The minimum Gasteiger partial charge on any atom is -0.279 e. The van der Waals surface area contributed by atoms with Gasteiger partial charge in [0.15, 0.2) is 0 Å². The Labute approximate surface area is 138 Å². The Hall–Kier alpha value is -3.00. The average Bonchev–Trinajstić information content (AvgIpc) is 2.53. The number of hydrogen-bond acceptors (Lipinski definition) is 5. The van der Waals surface area contributed by atoms with Crippen LogP contribution >= 0.6 is 0 Å². The maximum absolute atomic E-state index is 12.7. The van der Waals surface area contributed by atoms with E-state index in [-0.39, 0.29) is 16.3 Å². The molecule has 8 heteroatoms. The van der Waals surface area contributed by atoms with Gasteiger partial charge in [-0.05, 0) is 30.7 Å². The van der Waals surface area contributed by atoms with Gasteiger partial charge in [-0.2, -0.15) is 0 Å². The summed E-state index contributed by atoms with van der Waals surface area (Å²) in [5.74, 6) is 0. The second-order valence-electron chi connectivity index (χ2n) is 5.25. The van der Waals surface area contributed by atoms with Gasteiger partial charge in [0, 0.05) is 23.7 Å². The highest BCUT2D eigenvalue weighted by Gasteiger charge is 2.19. The number of nitrogens with zero attached hydrogens (tertiary/aromatic N) is 2. The molecule has 0 aliphatic heterocycles. The summed E-state index contributed by atoms with van der Waals surface area (Å²) in [6.45, 7) is 1.87. The standard InChI is InChI=1S/C16H13N3O4S/c1-11-8-12-4-2-7-15(16(12)17-10-11)24(22,23)18-13-5-3-6-14(9-13)19(20)21/h2-10,18H,1H3. The lowest BCUT2D eigenvalue weighted by molar-refractivity contribution is -0.384. The summed E-state index contributed by atoms with van der Waals surface area (Å²) in [4.78, 5) is 14.5. The molecule has 0 saturated heterocycles. The van der Waals surface area contributed by atoms with E-state index in [1.807, 2.05) is 13.0 Å². The number of benzene rings is 2. The van der Waals surface area contributed by atoms with Crippen LogP contribution in [-0.4, -0.2) is 18.3 Å². The Kier molecular flexibility index (Phi) is 3.90. The van der Waals surface area contributed by atoms with Gasteiger partial charge in [0.05, 0.1) is 16.1 Å². The number of nitrogens with one attached hydrogen (secondary N) is 1. The van der Waals surface area contributed by atoms with Gasteiger partial charge in [-0.15, -0.1) is 0 Å². The Morgan fingerprint density at radius 3 is 2.62 bits per heavy atom. The molecular weight excluding hydrogens is 330 g/mol. The molecule has 0 amide bonds. The first kappa shape index (κ1) is 15.9. The van der Waals surface area contributed by atoms with Crippen molar-refractivity contribution in [1.82, 2.24) is 4.98 Å². The molecule has 2 aromatic carbocycles. The quantitative estimate of drug-likeness (QED) is 0.578. The van der Waals surface area contributed by atoms with Crippen LogP contribution in [0.1, 0.15) is 5.56 Å². The van der Waals surface area contributed by atoms with E-state index in [2.05, 4.69) is 9.71 Å². The van der Waals surface area contributed by atoms with Crippen molar-refractivity contribution in [3.8, 4) is 0 Å². The second kappa shape index (κ2) is 5.89. The Bertz CT molecular complexity index is 1050. The number of nitro benzene ring substituents is 1. The molecule has 7 nitrogen and oxygen atoms in total. The van der Waals surface area contributed by atoms with Crippen molar-refractivity contribution in [2.24, 2.45) is 0 Å². The molecule has 0 spiro atoms. The first-order valence-corrected chi connectivity index (χ1v) is 8.48. The highest BCUT2D eigenvalue weighted by Crippen LogP contribution is 2.25. The molecule has 0 unspecified atom stereocenters. The van der Waals surface area contributed by atoms with Gasteiger partial charge in [0.25, 0.3) is 15.7 Å². The molecular formula is C16H13N3O4S. The molecule has 1 N–H and O–H groups in total. The van der Waals surface area contributed by atoms with Crippen molar-refractivity contribution in [2.45, 2.75) is 11.8 Å². The zero-order valence-corrected chi connectivity index (χ0v) is 13.4. The number of non-ortho nitro benzene ring substituents is 1. The average molecular weight is 343 g/mol. The van der Waals surface area contributed by atoms with E-state index in [0.717, 1.165) is 5.56 Å². The molecule has 0 fully saturated rings. The molecule has 1 aromatic heterocycles. The molecule has 0 radical (unpaired) electrons. The molecule has 1 heterocycles. The lowest BCUT2D eigenvalue weighted by Gasteiger charge is -2.10. The number of nitro groups is 1. The molecule has 3 aromatic rings. The summed E-state index contributed by atoms with van der Waals surface area (Å²) in [6, 6.07) is 12.0. The molecule has 0 saturated carbocycles. The lowest BCUT2D eigenvalue weighted by Crippen LogP contribution is -2.14. The number of aryl methyl sites for hydroxylation is 1. The summed E-state index contributed by atoms with van der Waals surface area (Å²) in [7, 11) is -3.93. The van der Waals surface area contributed by atoms with Crippen LogP contribution in [0.15, 0.2) is 59.6 Å². The third-order valence-electron chi connectivity index (χ3n) is 3.41. The third-order valence-corrected chi connectivity index (χ3v) is 4.82. The molecule has 0 aliphatic carbocycles. The SMILES string of the molecule is Cc1cnc2c(S(=O)(=O)Nc3cccc([N+](=O)[O-])c3)cccc2c1. The van der Waals surface area contributed by atoms with Crippen LogP contribution in [0.3, 0.4) is 0 Å². The van der Waals surface area contributed by atoms with Gasteiger partial charge in [-0.25, -0.2) is 8.42 Å². The van der Waals surface area contributed by atoms with E-state index in [1.165, 1.54) is 30.3 Å². The molecule has 122 valence electrons. The maximum Gasteiger partial charge on any atom is 0.271 e. The minimum atomic E-state index is -3.93. The topological polar surface area (TPSA) is 102 Å². The molecule has 24 heavy (non-hydrogen) atoms. The first-order valence-electron chi connectivity index (χ1n) is 6.99. The van der Waals surface area contributed by atoms with Crippen LogP contribution in [0, 0.1) is 17.0 Å². The van der Waals surface area contributed by atoms with Gasteiger partial charge >= 0.3 is 0 Å². The second-order valence-corrected chi connectivity index (χ2v) is 6.90. The fraction of sp³-hybridized carbons (Fsp3) is 0.0625. The van der Waals surface area contributed by atoms with E-state index in [0.29, 0.717) is 10.9 Å². The summed E-state index contributed by atoms with van der Waals surface area (Å²) in [5, 5.41) is 11.5. The van der Waals surface area contributed by atoms with E-state index in [1.54, 1.807) is 18.3 Å². The van der Waals surface area contributed by atoms with Crippen LogP contribution in [0.2, 0.25) is 0 Å². The number of hydrogen-bond donors (Lipinski definition) is 1. The van der Waals surface area contributed by atoms with Gasteiger partial charge < -0.3 is 0 Å². The van der Waals surface area contributed by atoms with Crippen LogP contribution in [-0.2, 0) is 10.0 Å². The monoisotopic (exact) mass is 343 g/mol. The largest absolute Gasteiger partial charge is 0.279 e. The van der Waals surface area contributed by atoms with E-state index in [4.69, 9.17) is 0 Å². The molecule has 0 aliphatic rings. The van der Waals surface area contributed by atoms with Crippen molar-refractivity contribution in [2.75, 3.05) is 4.72 Å². The van der Waals surface area contributed by atoms with Crippen molar-refractivity contribution >= 4 is 32.3 Å². The minimum absolute atomic E-state index is 0.0199. The highest BCUT2D eigenvalue weighted by molar-refractivity contribution is 7.93. The first-order chi connectivity index (χ1) is 11.4. The lowest BCUT2D eigenvalue weighted by atomic mass is 10.2. The zero-order valence-electron chi connectivity index (χ0n) is 12.6. The van der Waals surface area contributed by atoms with E-state index < -0.39 is 14.9 Å². The van der Waals surface area contributed by atoms with E-state index in [9.17, 15) is 18.5 Å². The molecule has 3 rings (SSSR count). The number of pyridine rings is 1. The number of para-hydroxylation sites is 1.